The Balaban J connectivity index is 1.72. The van der Waals surface area contributed by atoms with Crippen molar-refractivity contribution in [1.82, 2.24) is 30.0 Å². The van der Waals surface area contributed by atoms with Gasteiger partial charge in [0.15, 0.2) is 11.6 Å². The van der Waals surface area contributed by atoms with Crippen molar-refractivity contribution in [3.8, 4) is 22.6 Å². The number of hydrogen-bond donors (Lipinski definition) is 2. The molecule has 1 fully saturated rings. The van der Waals surface area contributed by atoms with Crippen LogP contribution in [0.15, 0.2) is 42.7 Å². The van der Waals surface area contributed by atoms with Crippen LogP contribution in [0.1, 0.15) is 16.9 Å². The van der Waals surface area contributed by atoms with Gasteiger partial charge in [-0.05, 0) is 24.3 Å². The Bertz CT molecular complexity index is 1400. The van der Waals surface area contributed by atoms with Gasteiger partial charge in [0.2, 0.25) is 5.91 Å². The molecule has 10 heteroatoms. The molecule has 0 spiro atoms. The number of carbonyl (C=O) groups excluding carboxylic acids is 2. The summed E-state index contributed by atoms with van der Waals surface area (Å²) in [6, 6.07) is 9.12. The number of hydrogen-bond acceptors (Lipinski definition) is 7. The highest BCUT2D eigenvalue weighted by Gasteiger charge is 2.32. The predicted octanol–water partition coefficient (Wildman–Crippen LogP) is 2.65. The molecule has 0 saturated carbocycles. The highest BCUT2D eigenvalue weighted by molar-refractivity contribution is 6.35. The van der Waals surface area contributed by atoms with Crippen LogP contribution in [-0.2, 0) is 11.8 Å². The fourth-order valence-electron chi connectivity index (χ4n) is 3.82. The van der Waals surface area contributed by atoms with Crippen LogP contribution in [0.25, 0.3) is 33.5 Å². The number of fused-ring (bicyclic) bond motifs is 1. The van der Waals surface area contributed by atoms with Crippen LogP contribution in [0.3, 0.4) is 0 Å². The van der Waals surface area contributed by atoms with Crippen molar-refractivity contribution in [2.75, 3.05) is 12.3 Å². The molecule has 1 atom stereocenters. The number of nitrogens with two attached hydrogens (primary N) is 1. The molecule has 1 aromatic carbocycles. The van der Waals surface area contributed by atoms with Crippen LogP contribution in [0.5, 0.6) is 0 Å². The van der Waals surface area contributed by atoms with Crippen molar-refractivity contribution in [3.63, 3.8) is 0 Å². The second-order valence-electron chi connectivity index (χ2n) is 7.63. The minimum Gasteiger partial charge on any atom is -0.382 e. The first kappa shape index (κ1) is 20.1. The van der Waals surface area contributed by atoms with Gasteiger partial charge >= 0.3 is 0 Å². The zero-order valence-corrected chi connectivity index (χ0v) is 17.8. The molecule has 0 bridgehead atoms. The van der Waals surface area contributed by atoms with Crippen LogP contribution >= 0.6 is 11.6 Å². The molecule has 1 amide bonds. The van der Waals surface area contributed by atoms with Crippen molar-refractivity contribution < 1.29 is 9.59 Å². The predicted molar refractivity (Wildman–Crippen MR) is 120 cm³/mol. The zero-order valence-electron chi connectivity index (χ0n) is 17.0. The summed E-state index contributed by atoms with van der Waals surface area (Å²) in [6.07, 6.45) is 3.55. The van der Waals surface area contributed by atoms with Crippen LogP contribution in [-0.4, -0.2) is 43.0 Å². The molecule has 0 aliphatic carbocycles. The van der Waals surface area contributed by atoms with Gasteiger partial charge in [0.05, 0.1) is 22.2 Å². The lowest BCUT2D eigenvalue weighted by Crippen LogP contribution is -2.21. The number of nitrogens with one attached hydrogen (secondary N) is 1. The Hall–Kier alpha value is -3.85. The second-order valence-corrected chi connectivity index (χ2v) is 8.04. The highest BCUT2D eigenvalue weighted by Crippen LogP contribution is 2.35. The average Bonchev–Trinajstić information content (AvgIpc) is 3.41. The van der Waals surface area contributed by atoms with Crippen molar-refractivity contribution in [3.05, 3.63) is 53.4 Å². The second kappa shape index (κ2) is 7.69. The number of halogens is 1. The van der Waals surface area contributed by atoms with Crippen LogP contribution in [0, 0.1) is 5.92 Å². The molecule has 1 aliphatic rings. The minimum atomic E-state index is -0.531. The Kier molecular flexibility index (Phi) is 4.82. The van der Waals surface area contributed by atoms with Crippen LogP contribution in [0.2, 0.25) is 5.02 Å². The Morgan fingerprint density at radius 3 is 2.81 bits per heavy atom. The fourth-order valence-corrected chi connectivity index (χ4v) is 4.09. The van der Waals surface area contributed by atoms with Gasteiger partial charge in [-0.25, -0.2) is 9.97 Å². The van der Waals surface area contributed by atoms with Gasteiger partial charge in [-0.15, -0.1) is 0 Å². The third kappa shape index (κ3) is 3.46. The third-order valence-corrected chi connectivity index (χ3v) is 5.68. The maximum absolute atomic E-state index is 13.1. The van der Waals surface area contributed by atoms with Crippen molar-refractivity contribution in [1.29, 1.82) is 0 Å². The molecular formula is C22H18ClN7O2. The summed E-state index contributed by atoms with van der Waals surface area (Å²) in [4.78, 5) is 38.2. The lowest BCUT2D eigenvalue weighted by molar-refractivity contribution is -0.119. The topological polar surface area (TPSA) is 129 Å². The molecule has 1 aliphatic heterocycles. The van der Waals surface area contributed by atoms with E-state index in [9.17, 15) is 9.59 Å². The quantitative estimate of drug-likeness (QED) is 0.460. The number of anilines is 1. The van der Waals surface area contributed by atoms with Crippen molar-refractivity contribution in [2.24, 2.45) is 13.0 Å². The normalized spacial score (nSPS) is 15.8. The van der Waals surface area contributed by atoms with Gasteiger partial charge in [0, 0.05) is 43.4 Å². The lowest BCUT2D eigenvalue weighted by atomic mass is 9.99. The number of aryl methyl sites for hydroxylation is 1. The first-order valence-corrected chi connectivity index (χ1v) is 10.3. The number of benzene rings is 1. The largest absolute Gasteiger partial charge is 0.382 e. The van der Waals surface area contributed by atoms with E-state index >= 15 is 0 Å². The number of aromatic nitrogens is 5. The lowest BCUT2D eigenvalue weighted by Gasteiger charge is -2.14. The number of Topliss-reactive ketones (excluding diaryl/α,β-unsaturated/α-hetero) is 1. The van der Waals surface area contributed by atoms with E-state index in [4.69, 9.17) is 17.3 Å². The van der Waals surface area contributed by atoms with E-state index in [0.717, 1.165) is 5.39 Å². The average molecular weight is 448 g/mol. The molecule has 1 saturated heterocycles. The van der Waals surface area contributed by atoms with E-state index < -0.39 is 5.92 Å². The zero-order chi connectivity index (χ0) is 22.4. The smallest absolute Gasteiger partial charge is 0.220 e. The van der Waals surface area contributed by atoms with Gasteiger partial charge < -0.3 is 11.1 Å². The molecule has 3 N–H and O–H groups in total. The molecular weight excluding hydrogens is 430 g/mol. The van der Waals surface area contributed by atoms with Gasteiger partial charge in [0.1, 0.15) is 17.1 Å². The number of amides is 1. The Morgan fingerprint density at radius 1 is 1.25 bits per heavy atom. The van der Waals surface area contributed by atoms with E-state index in [0.29, 0.717) is 33.2 Å². The fraction of sp³-hybridized carbons (Fsp3) is 0.182. The van der Waals surface area contributed by atoms with Gasteiger partial charge in [0.25, 0.3) is 0 Å². The maximum atomic E-state index is 13.1. The number of nitrogens with zero attached hydrogens (tertiary/aromatic N) is 5. The first-order valence-electron chi connectivity index (χ1n) is 9.94. The number of carbonyl (C=O) groups is 2. The molecule has 9 nitrogen and oxygen atoms in total. The molecule has 32 heavy (non-hydrogen) atoms. The summed E-state index contributed by atoms with van der Waals surface area (Å²) < 4.78 is 1.64. The monoisotopic (exact) mass is 447 g/mol. The summed E-state index contributed by atoms with van der Waals surface area (Å²) in [7, 11) is 1.79. The molecule has 3 aromatic heterocycles. The summed E-state index contributed by atoms with van der Waals surface area (Å²) in [5, 5.41) is 8.36. The van der Waals surface area contributed by atoms with Crippen LogP contribution < -0.4 is 11.1 Å². The summed E-state index contributed by atoms with van der Waals surface area (Å²) >= 11 is 6.50. The van der Waals surface area contributed by atoms with Gasteiger partial charge in [-0.2, -0.15) is 5.10 Å². The molecule has 4 aromatic rings. The number of rotatable bonds is 4. The SMILES string of the molecule is Cn1ccc(-c2nc(N)c(C(=O)C3CNC(=O)C3)nc2-c2cc(Cl)c3ncccc3c2)n1. The van der Waals surface area contributed by atoms with Crippen molar-refractivity contribution >= 4 is 40.0 Å². The summed E-state index contributed by atoms with van der Waals surface area (Å²) in [5.74, 6) is -1.03. The molecule has 0 radical (unpaired) electrons. The van der Waals surface area contributed by atoms with E-state index in [-0.39, 0.29) is 36.2 Å². The van der Waals surface area contributed by atoms with Gasteiger partial charge in [-0.3, -0.25) is 19.3 Å². The molecule has 1 unspecified atom stereocenters. The standard InChI is InChI=1S/C22H18ClN7O2/c1-30-6-4-15(29-30)19-18(12-7-11-3-2-5-25-17(11)14(23)8-12)27-20(22(24)28-19)21(32)13-9-16(31)26-10-13/h2-8,13H,9-10H2,1H3,(H2,24,28)(H,26,31). The highest BCUT2D eigenvalue weighted by atomic mass is 35.5. The number of nitrogen functional groups attached to an aromatic ring is 1. The third-order valence-electron chi connectivity index (χ3n) is 5.39. The molecule has 5 rings (SSSR count). The maximum Gasteiger partial charge on any atom is 0.220 e. The summed E-state index contributed by atoms with van der Waals surface area (Å²) in [5.41, 5.74) is 8.92. The van der Waals surface area contributed by atoms with E-state index in [1.54, 1.807) is 36.3 Å². The van der Waals surface area contributed by atoms with Crippen molar-refractivity contribution in [2.45, 2.75) is 6.42 Å². The van der Waals surface area contributed by atoms with Crippen LogP contribution in [0.4, 0.5) is 5.82 Å². The Morgan fingerprint density at radius 2 is 2.09 bits per heavy atom. The van der Waals surface area contributed by atoms with Gasteiger partial charge in [-0.1, -0.05) is 17.7 Å². The van der Waals surface area contributed by atoms with E-state index in [1.807, 2.05) is 18.2 Å². The number of pyridine rings is 1. The first-order chi connectivity index (χ1) is 15.4. The summed E-state index contributed by atoms with van der Waals surface area (Å²) in [6.45, 7) is 0.254. The van der Waals surface area contributed by atoms with E-state index in [1.165, 1.54) is 0 Å². The molecule has 160 valence electrons. The number of ketones is 1. The minimum absolute atomic E-state index is 0.00713. The molecule has 4 heterocycles. The Labute approximate surface area is 187 Å². The van der Waals surface area contributed by atoms with E-state index in [2.05, 4.69) is 25.4 Å².